The standard InChI is InChI=1S/C39H53N3O3/c1-26(2)44-37(43)36(45-38(5,6)7)34-28(4)40-27(3)33(35(34)42-22-19-39(8,9)20-23-42)31-16-14-29(15-17-31)24-41-21-18-30-12-10-11-13-32(30)25-41/h10-17,26,36H,18-25H2,1-9H3/t36-/m0/s1. The van der Waals surface area contributed by atoms with E-state index in [1.54, 1.807) is 0 Å². The number of piperidine rings is 1. The monoisotopic (exact) mass is 611 g/mol. The summed E-state index contributed by atoms with van der Waals surface area (Å²) in [6.07, 6.45) is 2.11. The van der Waals surface area contributed by atoms with Crippen LogP contribution >= 0.6 is 0 Å². The second kappa shape index (κ2) is 13.3. The maximum absolute atomic E-state index is 13.8. The van der Waals surface area contributed by atoms with Gasteiger partial charge in [-0.15, -0.1) is 0 Å². The number of hydrogen-bond donors (Lipinski definition) is 0. The first-order valence-corrected chi connectivity index (χ1v) is 16.7. The zero-order valence-corrected chi connectivity index (χ0v) is 29.0. The molecule has 3 heterocycles. The van der Waals surface area contributed by atoms with Crippen molar-refractivity contribution < 1.29 is 14.3 Å². The predicted octanol–water partition coefficient (Wildman–Crippen LogP) is 8.36. The molecule has 0 aliphatic carbocycles. The summed E-state index contributed by atoms with van der Waals surface area (Å²) in [5, 5.41) is 0. The Morgan fingerprint density at radius 3 is 2.20 bits per heavy atom. The Labute approximate surface area is 271 Å². The zero-order valence-electron chi connectivity index (χ0n) is 29.0. The molecule has 6 heteroatoms. The van der Waals surface area contributed by atoms with Gasteiger partial charge >= 0.3 is 5.97 Å². The summed E-state index contributed by atoms with van der Waals surface area (Å²) in [6, 6.07) is 17.8. The van der Waals surface area contributed by atoms with Gasteiger partial charge in [-0.3, -0.25) is 9.88 Å². The molecule has 1 fully saturated rings. The van der Waals surface area contributed by atoms with E-state index in [0.717, 1.165) is 85.8 Å². The smallest absolute Gasteiger partial charge is 0.340 e. The number of esters is 1. The number of anilines is 1. The number of aryl methyl sites for hydroxylation is 2. The Morgan fingerprint density at radius 2 is 1.58 bits per heavy atom. The van der Waals surface area contributed by atoms with Gasteiger partial charge in [0.15, 0.2) is 6.10 Å². The Bertz CT molecular complexity index is 1490. The molecule has 1 aromatic heterocycles. The summed E-state index contributed by atoms with van der Waals surface area (Å²) < 4.78 is 12.4. The van der Waals surface area contributed by atoms with Crippen LogP contribution < -0.4 is 4.90 Å². The minimum absolute atomic E-state index is 0.248. The molecule has 2 aliphatic rings. The Balaban J connectivity index is 1.56. The number of hydrogen-bond acceptors (Lipinski definition) is 6. The molecule has 0 N–H and O–H groups in total. The van der Waals surface area contributed by atoms with E-state index in [4.69, 9.17) is 14.5 Å². The van der Waals surface area contributed by atoms with Gasteiger partial charge in [-0.2, -0.15) is 0 Å². The third-order valence-electron chi connectivity index (χ3n) is 9.17. The highest BCUT2D eigenvalue weighted by atomic mass is 16.6. The topological polar surface area (TPSA) is 54.9 Å². The van der Waals surface area contributed by atoms with Gasteiger partial charge in [0.1, 0.15) is 0 Å². The molecule has 0 bridgehead atoms. The van der Waals surface area contributed by atoms with Gasteiger partial charge in [0.2, 0.25) is 0 Å². The van der Waals surface area contributed by atoms with E-state index in [0.29, 0.717) is 0 Å². The molecule has 0 unspecified atom stereocenters. The largest absolute Gasteiger partial charge is 0.461 e. The van der Waals surface area contributed by atoms with Crippen molar-refractivity contribution in [2.75, 3.05) is 24.5 Å². The van der Waals surface area contributed by atoms with Crippen LogP contribution in [0.25, 0.3) is 11.1 Å². The second-order valence-corrected chi connectivity index (χ2v) is 15.1. The van der Waals surface area contributed by atoms with Crippen LogP contribution in [0.2, 0.25) is 0 Å². The quantitative estimate of drug-likeness (QED) is 0.239. The van der Waals surface area contributed by atoms with Crippen LogP contribution in [0, 0.1) is 19.3 Å². The van der Waals surface area contributed by atoms with E-state index in [1.807, 2.05) is 41.5 Å². The molecule has 0 radical (unpaired) electrons. The number of pyridine rings is 1. The molecule has 2 aromatic carbocycles. The van der Waals surface area contributed by atoms with E-state index >= 15 is 0 Å². The Hall–Kier alpha value is -3.22. The molecule has 6 nitrogen and oxygen atoms in total. The van der Waals surface area contributed by atoms with E-state index in [2.05, 4.69) is 79.1 Å². The van der Waals surface area contributed by atoms with E-state index in [9.17, 15) is 4.79 Å². The van der Waals surface area contributed by atoms with Crippen molar-refractivity contribution in [2.45, 2.75) is 112 Å². The lowest BCUT2D eigenvalue weighted by molar-refractivity contribution is -0.171. The zero-order chi connectivity index (χ0) is 32.5. The average Bonchev–Trinajstić information content (AvgIpc) is 2.96. The fourth-order valence-corrected chi connectivity index (χ4v) is 6.77. The summed E-state index contributed by atoms with van der Waals surface area (Å²) in [5.41, 5.74) is 9.78. The highest BCUT2D eigenvalue weighted by molar-refractivity contribution is 5.88. The first-order chi connectivity index (χ1) is 21.2. The molecule has 1 atom stereocenters. The van der Waals surface area contributed by atoms with Crippen molar-refractivity contribution in [3.8, 4) is 11.1 Å². The van der Waals surface area contributed by atoms with Crippen LogP contribution in [0.5, 0.6) is 0 Å². The molecule has 1 saturated heterocycles. The van der Waals surface area contributed by atoms with Crippen LogP contribution in [0.15, 0.2) is 48.5 Å². The highest BCUT2D eigenvalue weighted by Gasteiger charge is 2.37. The van der Waals surface area contributed by atoms with Crippen LogP contribution in [-0.4, -0.2) is 47.2 Å². The lowest BCUT2D eigenvalue weighted by Gasteiger charge is -2.41. The number of rotatable bonds is 8. The fraction of sp³-hybridized carbons (Fsp3) is 0.538. The number of benzene rings is 2. The van der Waals surface area contributed by atoms with Gasteiger partial charge in [0, 0.05) is 55.2 Å². The maximum atomic E-state index is 13.8. The molecule has 0 amide bonds. The predicted molar refractivity (Wildman–Crippen MR) is 183 cm³/mol. The lowest BCUT2D eigenvalue weighted by Crippen LogP contribution is -2.39. The minimum Gasteiger partial charge on any atom is -0.461 e. The number of ether oxygens (including phenoxy) is 2. The van der Waals surface area contributed by atoms with Gasteiger partial charge in [0.25, 0.3) is 0 Å². The SMILES string of the molecule is Cc1nc(C)c([C@H](OC(C)(C)C)C(=O)OC(C)C)c(N2CCC(C)(C)CC2)c1-c1ccc(CN2CCc3ccccc3C2)cc1. The van der Waals surface area contributed by atoms with Gasteiger partial charge in [0.05, 0.1) is 17.4 Å². The average molecular weight is 612 g/mol. The first kappa shape index (κ1) is 33.2. The molecule has 3 aromatic rings. The van der Waals surface area contributed by atoms with Gasteiger partial charge in [-0.05, 0) is 95.4 Å². The number of carbonyl (C=O) groups excluding carboxylic acids is 1. The Kier molecular flexibility index (Phi) is 9.76. The summed E-state index contributed by atoms with van der Waals surface area (Å²) in [5.74, 6) is -0.364. The van der Waals surface area contributed by atoms with Crippen molar-refractivity contribution in [1.29, 1.82) is 0 Å². The van der Waals surface area contributed by atoms with Crippen molar-refractivity contribution in [1.82, 2.24) is 9.88 Å². The summed E-state index contributed by atoms with van der Waals surface area (Å²) in [4.78, 5) is 23.8. The van der Waals surface area contributed by atoms with Gasteiger partial charge in [-0.25, -0.2) is 4.79 Å². The highest BCUT2D eigenvalue weighted by Crippen LogP contribution is 2.45. The van der Waals surface area contributed by atoms with Gasteiger partial charge in [-0.1, -0.05) is 62.4 Å². The third-order valence-corrected chi connectivity index (χ3v) is 9.17. The minimum atomic E-state index is -0.884. The summed E-state index contributed by atoms with van der Waals surface area (Å²) in [7, 11) is 0. The van der Waals surface area contributed by atoms with Crippen molar-refractivity contribution in [3.05, 3.63) is 82.2 Å². The fourth-order valence-electron chi connectivity index (χ4n) is 6.77. The van der Waals surface area contributed by atoms with Gasteiger partial charge < -0.3 is 14.4 Å². The van der Waals surface area contributed by atoms with Crippen molar-refractivity contribution >= 4 is 11.7 Å². The number of aromatic nitrogens is 1. The normalized spacial score (nSPS) is 17.7. The second-order valence-electron chi connectivity index (χ2n) is 15.1. The number of nitrogens with zero attached hydrogens (tertiary/aromatic N) is 3. The third kappa shape index (κ3) is 7.96. The Morgan fingerprint density at radius 1 is 0.933 bits per heavy atom. The molecular formula is C39H53N3O3. The van der Waals surface area contributed by atoms with Crippen molar-refractivity contribution in [2.24, 2.45) is 5.41 Å². The summed E-state index contributed by atoms with van der Waals surface area (Å²) in [6.45, 7) is 23.3. The maximum Gasteiger partial charge on any atom is 0.340 e. The van der Waals surface area contributed by atoms with E-state index in [-0.39, 0.29) is 17.5 Å². The molecular weight excluding hydrogens is 558 g/mol. The molecule has 242 valence electrons. The van der Waals surface area contributed by atoms with Crippen LogP contribution in [0.1, 0.15) is 101 Å². The van der Waals surface area contributed by atoms with Crippen LogP contribution in [0.3, 0.4) is 0 Å². The number of fused-ring (bicyclic) bond motifs is 1. The van der Waals surface area contributed by atoms with Crippen LogP contribution in [-0.2, 0) is 33.8 Å². The summed E-state index contributed by atoms with van der Waals surface area (Å²) >= 11 is 0. The van der Waals surface area contributed by atoms with Crippen molar-refractivity contribution in [3.63, 3.8) is 0 Å². The number of carbonyl (C=O) groups is 1. The first-order valence-electron chi connectivity index (χ1n) is 16.7. The van der Waals surface area contributed by atoms with Crippen LogP contribution in [0.4, 0.5) is 5.69 Å². The molecule has 5 rings (SSSR count). The molecule has 0 spiro atoms. The molecule has 2 aliphatic heterocycles. The molecule has 0 saturated carbocycles. The van der Waals surface area contributed by atoms with E-state index < -0.39 is 11.7 Å². The van der Waals surface area contributed by atoms with E-state index in [1.165, 1.54) is 16.7 Å². The lowest BCUT2D eigenvalue weighted by atomic mass is 9.81. The molecule has 45 heavy (non-hydrogen) atoms.